The first-order valence-electron chi connectivity index (χ1n) is 6.92. The summed E-state index contributed by atoms with van der Waals surface area (Å²) in [5.74, 6) is 0.803. The summed E-state index contributed by atoms with van der Waals surface area (Å²) in [7, 11) is 0. The lowest BCUT2D eigenvalue weighted by Crippen LogP contribution is -2.37. The monoisotopic (exact) mass is 254 g/mol. The number of aromatic nitrogens is 1. The Morgan fingerprint density at radius 3 is 2.71 bits per heavy atom. The molecule has 0 saturated carbocycles. The molecule has 1 aromatic heterocycles. The average Bonchev–Trinajstić information content (AvgIpc) is 2.83. The van der Waals surface area contributed by atoms with Crippen molar-refractivity contribution in [3.05, 3.63) is 16.6 Å². The Kier molecular flexibility index (Phi) is 7.45. The van der Waals surface area contributed by atoms with Gasteiger partial charge >= 0.3 is 0 Å². The van der Waals surface area contributed by atoms with E-state index in [9.17, 15) is 0 Å². The van der Waals surface area contributed by atoms with Crippen molar-refractivity contribution in [2.75, 3.05) is 6.54 Å². The van der Waals surface area contributed by atoms with E-state index < -0.39 is 0 Å². The van der Waals surface area contributed by atoms with Crippen LogP contribution >= 0.6 is 11.3 Å². The fraction of sp³-hybridized carbons (Fsp3) is 0.786. The maximum Gasteiger partial charge on any atom is 0.0794 e. The maximum atomic E-state index is 4.17. The number of hydrogen-bond acceptors (Lipinski definition) is 3. The number of nitrogens with zero attached hydrogens (tertiary/aromatic N) is 1. The van der Waals surface area contributed by atoms with Crippen molar-refractivity contribution >= 4 is 11.3 Å². The second kappa shape index (κ2) is 8.65. The first-order valence-corrected chi connectivity index (χ1v) is 7.80. The molecule has 0 aliphatic heterocycles. The molecule has 1 aromatic rings. The summed E-state index contributed by atoms with van der Waals surface area (Å²) in [4.78, 5) is 5.58. The van der Waals surface area contributed by atoms with Gasteiger partial charge in [-0.3, -0.25) is 4.98 Å². The van der Waals surface area contributed by atoms with E-state index in [1.165, 1.54) is 30.6 Å². The van der Waals surface area contributed by atoms with Gasteiger partial charge in [-0.15, -0.1) is 11.3 Å². The number of thiazole rings is 1. The highest BCUT2D eigenvalue weighted by molar-refractivity contribution is 7.09. The van der Waals surface area contributed by atoms with E-state index in [2.05, 4.69) is 31.1 Å². The third kappa shape index (κ3) is 5.17. The summed E-state index contributed by atoms with van der Waals surface area (Å²) in [5.41, 5.74) is 1.94. The van der Waals surface area contributed by atoms with Crippen LogP contribution in [-0.4, -0.2) is 17.6 Å². The molecule has 0 aliphatic carbocycles. The molecule has 0 aliphatic rings. The number of rotatable bonds is 9. The Bertz CT molecular complexity index is 272. The van der Waals surface area contributed by atoms with E-state index in [0.29, 0.717) is 6.04 Å². The standard InChI is InChI=1S/C14H26N2S/c1-4-7-8-12(5-2)14(16-6-3)9-13-10-15-11-17-13/h10-12,14,16H,4-9H2,1-3H3. The highest BCUT2D eigenvalue weighted by Gasteiger charge is 2.19. The van der Waals surface area contributed by atoms with Crippen LogP contribution in [0.2, 0.25) is 0 Å². The first-order chi connectivity index (χ1) is 8.31. The molecule has 0 spiro atoms. The maximum absolute atomic E-state index is 4.17. The Morgan fingerprint density at radius 2 is 2.18 bits per heavy atom. The molecule has 0 bridgehead atoms. The molecule has 1 N–H and O–H groups in total. The quantitative estimate of drug-likeness (QED) is 0.723. The third-order valence-corrected chi connectivity index (χ3v) is 4.19. The minimum Gasteiger partial charge on any atom is -0.314 e. The smallest absolute Gasteiger partial charge is 0.0794 e. The van der Waals surface area contributed by atoms with Gasteiger partial charge in [0.2, 0.25) is 0 Å². The zero-order valence-corrected chi connectivity index (χ0v) is 12.2. The Morgan fingerprint density at radius 1 is 1.35 bits per heavy atom. The number of hydrogen-bond donors (Lipinski definition) is 1. The van der Waals surface area contributed by atoms with Gasteiger partial charge in [0.1, 0.15) is 0 Å². The molecule has 0 radical (unpaired) electrons. The van der Waals surface area contributed by atoms with Gasteiger partial charge in [0.25, 0.3) is 0 Å². The van der Waals surface area contributed by atoms with E-state index >= 15 is 0 Å². The van der Waals surface area contributed by atoms with E-state index in [4.69, 9.17) is 0 Å². The van der Waals surface area contributed by atoms with Crippen LogP contribution in [0, 0.1) is 5.92 Å². The Balaban J connectivity index is 2.55. The van der Waals surface area contributed by atoms with Gasteiger partial charge in [-0.1, -0.05) is 40.0 Å². The highest BCUT2D eigenvalue weighted by Crippen LogP contribution is 2.21. The SMILES string of the molecule is CCCCC(CC)C(Cc1cncs1)NCC. The van der Waals surface area contributed by atoms with Crippen LogP contribution in [0.25, 0.3) is 0 Å². The predicted molar refractivity (Wildman–Crippen MR) is 76.6 cm³/mol. The van der Waals surface area contributed by atoms with Crippen molar-refractivity contribution in [3.8, 4) is 0 Å². The topological polar surface area (TPSA) is 24.9 Å². The number of unbranched alkanes of at least 4 members (excludes halogenated alkanes) is 1. The summed E-state index contributed by atoms with van der Waals surface area (Å²) < 4.78 is 0. The molecule has 3 heteroatoms. The zero-order valence-electron chi connectivity index (χ0n) is 11.4. The largest absolute Gasteiger partial charge is 0.314 e. The minimum absolute atomic E-state index is 0.622. The van der Waals surface area contributed by atoms with Crippen LogP contribution in [-0.2, 0) is 6.42 Å². The third-order valence-electron chi connectivity index (χ3n) is 3.39. The van der Waals surface area contributed by atoms with Gasteiger partial charge in [-0.05, 0) is 25.3 Å². The van der Waals surface area contributed by atoms with Gasteiger partial charge in [-0.25, -0.2) is 0 Å². The molecule has 0 fully saturated rings. The van der Waals surface area contributed by atoms with Crippen LogP contribution in [0.1, 0.15) is 51.3 Å². The van der Waals surface area contributed by atoms with E-state index in [-0.39, 0.29) is 0 Å². The molecule has 17 heavy (non-hydrogen) atoms. The molecule has 0 saturated heterocycles. The molecule has 2 unspecified atom stereocenters. The normalized spacial score (nSPS) is 14.8. The molecule has 2 atom stereocenters. The lowest BCUT2D eigenvalue weighted by atomic mass is 9.89. The fourth-order valence-corrected chi connectivity index (χ4v) is 3.04. The lowest BCUT2D eigenvalue weighted by molar-refractivity contribution is 0.320. The molecule has 1 rings (SSSR count). The molecular weight excluding hydrogens is 228 g/mol. The van der Waals surface area contributed by atoms with E-state index in [1.54, 1.807) is 11.3 Å². The predicted octanol–water partition coefficient (Wildman–Crippen LogP) is 3.88. The minimum atomic E-state index is 0.622. The zero-order chi connectivity index (χ0) is 12.5. The summed E-state index contributed by atoms with van der Waals surface area (Å²) in [6.45, 7) is 7.85. The van der Waals surface area contributed by atoms with Crippen LogP contribution in [0.15, 0.2) is 11.7 Å². The summed E-state index contributed by atoms with van der Waals surface area (Å²) in [5, 5.41) is 3.66. The van der Waals surface area contributed by atoms with Crippen molar-refractivity contribution < 1.29 is 0 Å². The van der Waals surface area contributed by atoms with Crippen LogP contribution < -0.4 is 5.32 Å². The molecule has 1 heterocycles. The van der Waals surface area contributed by atoms with Gasteiger partial charge in [0, 0.05) is 17.1 Å². The summed E-state index contributed by atoms with van der Waals surface area (Å²) in [6.07, 6.45) is 8.43. The van der Waals surface area contributed by atoms with E-state index in [0.717, 1.165) is 18.9 Å². The number of likely N-dealkylation sites (N-methyl/N-ethyl adjacent to an activating group) is 1. The average molecular weight is 254 g/mol. The molecule has 2 nitrogen and oxygen atoms in total. The Labute approximate surface area is 110 Å². The molecule has 0 amide bonds. The number of nitrogens with one attached hydrogen (secondary N) is 1. The van der Waals surface area contributed by atoms with Crippen molar-refractivity contribution in [2.24, 2.45) is 5.92 Å². The second-order valence-electron chi connectivity index (χ2n) is 4.65. The van der Waals surface area contributed by atoms with Gasteiger partial charge < -0.3 is 5.32 Å². The van der Waals surface area contributed by atoms with Gasteiger partial charge in [0.05, 0.1) is 5.51 Å². The van der Waals surface area contributed by atoms with E-state index in [1.807, 2.05) is 11.7 Å². The summed E-state index contributed by atoms with van der Waals surface area (Å²) >= 11 is 1.78. The molecular formula is C14H26N2S. The highest BCUT2D eigenvalue weighted by atomic mass is 32.1. The fourth-order valence-electron chi connectivity index (χ4n) is 2.38. The van der Waals surface area contributed by atoms with Gasteiger partial charge in [0.15, 0.2) is 0 Å². The molecule has 98 valence electrons. The van der Waals surface area contributed by atoms with Crippen LogP contribution in [0.4, 0.5) is 0 Å². The van der Waals surface area contributed by atoms with Crippen LogP contribution in [0.5, 0.6) is 0 Å². The van der Waals surface area contributed by atoms with Crippen molar-refractivity contribution in [1.82, 2.24) is 10.3 Å². The van der Waals surface area contributed by atoms with Crippen molar-refractivity contribution in [1.29, 1.82) is 0 Å². The van der Waals surface area contributed by atoms with Crippen LogP contribution in [0.3, 0.4) is 0 Å². The summed E-state index contributed by atoms with van der Waals surface area (Å²) in [6, 6.07) is 0.622. The van der Waals surface area contributed by atoms with Gasteiger partial charge in [-0.2, -0.15) is 0 Å². The Hall–Kier alpha value is -0.410. The van der Waals surface area contributed by atoms with Crippen molar-refractivity contribution in [2.45, 2.75) is 58.9 Å². The first kappa shape index (κ1) is 14.7. The lowest BCUT2D eigenvalue weighted by Gasteiger charge is -2.26. The van der Waals surface area contributed by atoms with Crippen molar-refractivity contribution in [3.63, 3.8) is 0 Å². The second-order valence-corrected chi connectivity index (χ2v) is 5.62. The molecule has 0 aromatic carbocycles.